The fourth-order valence-corrected chi connectivity index (χ4v) is 5.53. The maximum Gasteiger partial charge on any atom is 0.0991 e. The van der Waals surface area contributed by atoms with E-state index in [0.717, 1.165) is 60.7 Å². The number of nitriles is 1. The molecular formula is C27H33N5O. The smallest absolute Gasteiger partial charge is 0.0991 e. The van der Waals surface area contributed by atoms with Gasteiger partial charge in [0.2, 0.25) is 0 Å². The number of piperidine rings is 1. The third-order valence-corrected chi connectivity index (χ3v) is 7.22. The van der Waals surface area contributed by atoms with E-state index in [1.165, 1.54) is 37.7 Å². The zero-order chi connectivity index (χ0) is 22.8. The number of β-amino-alcohol motifs (C(OH)–C–C–N with tert-alkyl or cyclic N) is 1. The van der Waals surface area contributed by atoms with Crippen LogP contribution in [0.3, 0.4) is 0 Å². The van der Waals surface area contributed by atoms with Gasteiger partial charge in [-0.2, -0.15) is 5.26 Å². The largest absolute Gasteiger partial charge is 0.387 e. The Morgan fingerprint density at radius 3 is 2.36 bits per heavy atom. The molecule has 3 aromatic rings. The molecule has 6 heteroatoms. The van der Waals surface area contributed by atoms with Crippen LogP contribution in [0.4, 0.5) is 0 Å². The molecule has 2 fully saturated rings. The highest BCUT2D eigenvalue weighted by atomic mass is 16.3. The van der Waals surface area contributed by atoms with E-state index in [-0.39, 0.29) is 0 Å². The van der Waals surface area contributed by atoms with Crippen molar-refractivity contribution in [3.05, 3.63) is 58.9 Å². The molecule has 0 radical (unpaired) electrons. The van der Waals surface area contributed by atoms with Crippen LogP contribution in [0.1, 0.15) is 60.6 Å². The van der Waals surface area contributed by atoms with Gasteiger partial charge in [-0.3, -0.25) is 9.88 Å². The second-order valence-electron chi connectivity index (χ2n) is 9.56. The molecule has 0 spiro atoms. The molecule has 1 unspecified atom stereocenters. The van der Waals surface area contributed by atoms with Gasteiger partial charge in [0.05, 0.1) is 28.8 Å². The second-order valence-corrected chi connectivity index (χ2v) is 9.56. The highest BCUT2D eigenvalue weighted by Gasteiger charge is 2.25. The van der Waals surface area contributed by atoms with E-state index in [4.69, 9.17) is 4.98 Å². The Hall–Kier alpha value is -2.72. The molecule has 2 aliphatic rings. The average Bonchev–Trinajstić information content (AvgIpc) is 3.45. The lowest BCUT2D eigenvalue weighted by Crippen LogP contribution is -2.33. The number of rotatable bonds is 6. The van der Waals surface area contributed by atoms with Crippen LogP contribution in [-0.2, 0) is 6.54 Å². The van der Waals surface area contributed by atoms with Crippen molar-refractivity contribution < 1.29 is 5.11 Å². The first kappa shape index (κ1) is 22.1. The third kappa shape index (κ3) is 4.54. The minimum Gasteiger partial charge on any atom is -0.387 e. The molecule has 33 heavy (non-hydrogen) atoms. The first-order valence-electron chi connectivity index (χ1n) is 12.3. The molecule has 2 aromatic heterocycles. The minimum atomic E-state index is -0.581. The molecule has 1 aromatic carbocycles. The second kappa shape index (κ2) is 9.64. The number of benzene rings is 1. The Balaban J connectivity index is 1.56. The zero-order valence-electron chi connectivity index (χ0n) is 19.5. The van der Waals surface area contributed by atoms with Crippen LogP contribution >= 0.6 is 0 Å². The van der Waals surface area contributed by atoms with Crippen LogP contribution in [0.25, 0.3) is 16.7 Å². The Labute approximate surface area is 196 Å². The van der Waals surface area contributed by atoms with E-state index >= 15 is 0 Å². The van der Waals surface area contributed by atoms with Gasteiger partial charge in [-0.1, -0.05) is 6.42 Å². The van der Waals surface area contributed by atoms with Crippen molar-refractivity contribution in [1.82, 2.24) is 19.4 Å². The summed E-state index contributed by atoms with van der Waals surface area (Å²) in [4.78, 5) is 9.76. The monoisotopic (exact) mass is 443 g/mol. The highest BCUT2D eigenvalue weighted by molar-refractivity contribution is 5.84. The highest BCUT2D eigenvalue weighted by Crippen LogP contribution is 2.34. The molecule has 2 saturated heterocycles. The number of aromatic nitrogens is 2. The van der Waals surface area contributed by atoms with Gasteiger partial charge < -0.3 is 14.6 Å². The summed E-state index contributed by atoms with van der Waals surface area (Å²) in [6.07, 6.45) is 7.63. The molecule has 1 atom stereocenters. The van der Waals surface area contributed by atoms with Gasteiger partial charge >= 0.3 is 0 Å². The van der Waals surface area contributed by atoms with Crippen molar-refractivity contribution in [2.45, 2.75) is 51.7 Å². The number of hydrogen-bond acceptors (Lipinski definition) is 5. The lowest BCUT2D eigenvalue weighted by Gasteiger charge is -2.28. The Morgan fingerprint density at radius 2 is 1.67 bits per heavy atom. The molecule has 0 aliphatic carbocycles. The van der Waals surface area contributed by atoms with Crippen molar-refractivity contribution in [2.24, 2.45) is 0 Å². The number of likely N-dealkylation sites (tertiary alicyclic amines) is 2. The predicted molar refractivity (Wildman–Crippen MR) is 130 cm³/mol. The van der Waals surface area contributed by atoms with Crippen LogP contribution in [0.15, 0.2) is 36.5 Å². The molecule has 172 valence electrons. The third-order valence-electron chi connectivity index (χ3n) is 7.22. The van der Waals surface area contributed by atoms with Gasteiger partial charge in [0.15, 0.2) is 0 Å². The molecule has 0 bridgehead atoms. The van der Waals surface area contributed by atoms with Gasteiger partial charge in [-0.05, 0) is 94.7 Å². The van der Waals surface area contributed by atoms with Crippen LogP contribution in [-0.4, -0.2) is 57.2 Å². The fraction of sp³-hybridized carbons (Fsp3) is 0.481. The molecule has 4 heterocycles. The van der Waals surface area contributed by atoms with Gasteiger partial charge in [0.25, 0.3) is 0 Å². The summed E-state index contributed by atoms with van der Waals surface area (Å²) in [5.41, 5.74) is 6.69. The molecule has 5 rings (SSSR count). The van der Waals surface area contributed by atoms with Gasteiger partial charge in [-0.25, -0.2) is 0 Å². The number of fused-ring (bicyclic) bond motifs is 1. The van der Waals surface area contributed by atoms with Crippen LogP contribution in [0.2, 0.25) is 0 Å². The van der Waals surface area contributed by atoms with Gasteiger partial charge in [-0.15, -0.1) is 0 Å². The lowest BCUT2D eigenvalue weighted by atomic mass is 10.1. The Bertz CT molecular complexity index is 1150. The molecule has 1 N–H and O–H groups in total. The van der Waals surface area contributed by atoms with Crippen molar-refractivity contribution in [3.8, 4) is 11.8 Å². The normalized spacial score (nSPS) is 18.6. The number of hydrogen-bond donors (Lipinski definition) is 1. The first-order chi connectivity index (χ1) is 16.1. The summed E-state index contributed by atoms with van der Waals surface area (Å²) in [5, 5.41) is 20.6. The van der Waals surface area contributed by atoms with E-state index in [0.29, 0.717) is 12.1 Å². The van der Waals surface area contributed by atoms with Crippen molar-refractivity contribution in [3.63, 3.8) is 0 Å². The van der Waals surface area contributed by atoms with Gasteiger partial charge in [0, 0.05) is 36.2 Å². The van der Waals surface area contributed by atoms with Gasteiger partial charge in [0.1, 0.15) is 0 Å². The summed E-state index contributed by atoms with van der Waals surface area (Å²) >= 11 is 0. The van der Waals surface area contributed by atoms with Crippen LogP contribution in [0.5, 0.6) is 0 Å². The van der Waals surface area contributed by atoms with Crippen LogP contribution < -0.4 is 0 Å². The maximum atomic E-state index is 11.3. The Morgan fingerprint density at radius 1 is 1.00 bits per heavy atom. The number of nitrogens with zero attached hydrogens (tertiary/aromatic N) is 5. The molecule has 2 aliphatic heterocycles. The summed E-state index contributed by atoms with van der Waals surface area (Å²) < 4.78 is 2.20. The van der Waals surface area contributed by atoms with Crippen molar-refractivity contribution in [1.29, 1.82) is 5.26 Å². The summed E-state index contributed by atoms with van der Waals surface area (Å²) in [6.45, 7) is 8.03. The quantitative estimate of drug-likeness (QED) is 0.614. The lowest BCUT2D eigenvalue weighted by molar-refractivity contribution is 0.102. The van der Waals surface area contributed by atoms with E-state index in [1.54, 1.807) is 0 Å². The molecular weight excluding hydrogens is 410 g/mol. The average molecular weight is 444 g/mol. The number of aliphatic hydroxyl groups excluding tert-OH is 1. The maximum absolute atomic E-state index is 11.3. The zero-order valence-corrected chi connectivity index (χ0v) is 19.5. The Kier molecular flexibility index (Phi) is 6.45. The molecule has 0 saturated carbocycles. The summed E-state index contributed by atoms with van der Waals surface area (Å²) in [6, 6.07) is 12.1. The number of aliphatic hydroxyl groups is 1. The van der Waals surface area contributed by atoms with E-state index in [1.807, 2.05) is 30.5 Å². The minimum absolute atomic E-state index is 0.581. The van der Waals surface area contributed by atoms with Crippen molar-refractivity contribution in [2.75, 3.05) is 32.7 Å². The summed E-state index contributed by atoms with van der Waals surface area (Å²) in [7, 11) is 0. The van der Waals surface area contributed by atoms with E-state index in [2.05, 4.69) is 33.4 Å². The van der Waals surface area contributed by atoms with E-state index < -0.39 is 6.10 Å². The van der Waals surface area contributed by atoms with Crippen molar-refractivity contribution >= 4 is 11.0 Å². The molecule has 0 amide bonds. The van der Waals surface area contributed by atoms with E-state index in [9.17, 15) is 10.4 Å². The van der Waals surface area contributed by atoms with Crippen LogP contribution in [0, 0.1) is 18.3 Å². The SMILES string of the molecule is Cc1c(C(O)CN2CCCCC2)c2ncc(CN3CCCC3)cc2n1-c1ccc(C#N)cc1. The predicted octanol–water partition coefficient (Wildman–Crippen LogP) is 4.32. The number of pyridine rings is 1. The standard InChI is InChI=1S/C27H33N5O/c1-20-26(25(33)19-31-11-3-2-4-12-31)27-24(32(20)23-9-7-21(16-28)8-10-23)15-22(17-29-27)18-30-13-5-6-14-30/h7-10,15,17,25,33H,2-6,11-14,18-19H2,1H3. The molecule has 6 nitrogen and oxygen atoms in total. The topological polar surface area (TPSA) is 68.3 Å². The first-order valence-corrected chi connectivity index (χ1v) is 12.3. The summed E-state index contributed by atoms with van der Waals surface area (Å²) in [5.74, 6) is 0. The fourth-order valence-electron chi connectivity index (χ4n) is 5.53.